The van der Waals surface area contributed by atoms with Crippen molar-refractivity contribution >= 4 is 22.0 Å². The van der Waals surface area contributed by atoms with Crippen molar-refractivity contribution in [3.05, 3.63) is 42.1 Å². The number of ether oxygens (including phenoxy) is 2. The maximum atomic E-state index is 12.4. The Bertz CT molecular complexity index is 1160. The molecule has 0 saturated heterocycles. The van der Waals surface area contributed by atoms with Crippen molar-refractivity contribution < 1.29 is 27.8 Å². The van der Waals surface area contributed by atoms with Crippen molar-refractivity contribution in [1.82, 2.24) is 9.97 Å². The molecule has 0 fully saturated rings. The van der Waals surface area contributed by atoms with Gasteiger partial charge in [0.25, 0.3) is 0 Å². The number of phenols is 1. The summed E-state index contributed by atoms with van der Waals surface area (Å²) in [6, 6.07) is 8.42. The first-order chi connectivity index (χ1) is 14.0. The monoisotopic (exact) mass is 402 g/mol. The van der Waals surface area contributed by atoms with Gasteiger partial charge < -0.3 is 19.0 Å². The number of fused-ring (bicyclic) bond motifs is 2. The fourth-order valence-corrected chi connectivity index (χ4v) is 3.01. The molecule has 0 amide bonds. The number of alkyl halides is 2. The Labute approximate surface area is 165 Å². The van der Waals surface area contributed by atoms with Crippen LogP contribution in [0.25, 0.3) is 33.3 Å². The van der Waals surface area contributed by atoms with Crippen LogP contribution in [-0.2, 0) is 0 Å². The van der Waals surface area contributed by atoms with E-state index in [1.54, 1.807) is 18.2 Å². The SMILES string of the molecule is CC.COc1c(O)ccc2oc(-c3cc(C)cc4nc(OC(F)F)cnc34)cc12. The summed E-state index contributed by atoms with van der Waals surface area (Å²) >= 11 is 0. The molecule has 0 aliphatic rings. The van der Waals surface area contributed by atoms with Crippen LogP contribution >= 0.6 is 0 Å². The van der Waals surface area contributed by atoms with Gasteiger partial charge in [-0.15, -0.1) is 0 Å². The number of phenolic OH excluding ortho intramolecular Hbond substituents is 1. The lowest BCUT2D eigenvalue weighted by molar-refractivity contribution is -0.0528. The van der Waals surface area contributed by atoms with Gasteiger partial charge in [0.05, 0.1) is 29.7 Å². The standard InChI is InChI=1S/C19H14F2N2O4.C2H6/c1-9-5-10(17-12(6-9)23-16(8-22-17)27-19(20)21)15-7-11-14(26-15)4-3-13(24)18(11)25-2;1-2/h3-8,19,24H,1-2H3;1-2H3. The summed E-state index contributed by atoms with van der Waals surface area (Å²) in [5.41, 5.74) is 2.89. The molecule has 4 aromatic rings. The predicted molar refractivity (Wildman–Crippen MR) is 106 cm³/mol. The Morgan fingerprint density at radius 2 is 1.90 bits per heavy atom. The third-order valence-corrected chi connectivity index (χ3v) is 4.08. The molecule has 6 nitrogen and oxygen atoms in total. The normalized spacial score (nSPS) is 10.9. The van der Waals surface area contributed by atoms with Crippen LogP contribution in [0.2, 0.25) is 0 Å². The number of rotatable bonds is 4. The Morgan fingerprint density at radius 1 is 1.14 bits per heavy atom. The number of hydrogen-bond acceptors (Lipinski definition) is 6. The zero-order valence-electron chi connectivity index (χ0n) is 16.4. The van der Waals surface area contributed by atoms with E-state index in [1.807, 2.05) is 26.8 Å². The minimum absolute atomic E-state index is 0.0000292. The Hall–Kier alpha value is -3.42. The summed E-state index contributed by atoms with van der Waals surface area (Å²) in [5.74, 6) is 0.530. The minimum Gasteiger partial charge on any atom is -0.504 e. The van der Waals surface area contributed by atoms with Crippen LogP contribution in [-0.4, -0.2) is 28.8 Å². The number of aromatic hydroxyl groups is 1. The number of hydrogen-bond donors (Lipinski definition) is 1. The highest BCUT2D eigenvalue weighted by atomic mass is 19.3. The van der Waals surface area contributed by atoms with Gasteiger partial charge in [0.15, 0.2) is 11.5 Å². The first kappa shape index (κ1) is 20.3. The molecular weight excluding hydrogens is 382 g/mol. The van der Waals surface area contributed by atoms with Crippen LogP contribution in [0.5, 0.6) is 17.4 Å². The van der Waals surface area contributed by atoms with Crippen LogP contribution < -0.4 is 9.47 Å². The van der Waals surface area contributed by atoms with E-state index < -0.39 is 6.61 Å². The van der Waals surface area contributed by atoms with E-state index in [2.05, 4.69) is 14.7 Å². The van der Waals surface area contributed by atoms with Crippen LogP contribution in [0.3, 0.4) is 0 Å². The van der Waals surface area contributed by atoms with Crippen molar-refractivity contribution in [1.29, 1.82) is 0 Å². The van der Waals surface area contributed by atoms with Crippen LogP contribution in [0, 0.1) is 6.92 Å². The molecule has 4 rings (SSSR count). The fourth-order valence-electron chi connectivity index (χ4n) is 3.01. The van der Waals surface area contributed by atoms with Crippen LogP contribution in [0.15, 0.2) is 40.9 Å². The second-order valence-electron chi connectivity index (χ2n) is 5.91. The van der Waals surface area contributed by atoms with Crippen molar-refractivity contribution in [2.24, 2.45) is 0 Å². The summed E-state index contributed by atoms with van der Waals surface area (Å²) in [5, 5.41) is 10.5. The first-order valence-electron chi connectivity index (χ1n) is 8.98. The minimum atomic E-state index is -2.98. The van der Waals surface area contributed by atoms with E-state index in [4.69, 9.17) is 9.15 Å². The second kappa shape index (κ2) is 8.30. The van der Waals surface area contributed by atoms with E-state index in [9.17, 15) is 13.9 Å². The van der Waals surface area contributed by atoms with Crippen LogP contribution in [0.1, 0.15) is 19.4 Å². The topological polar surface area (TPSA) is 77.6 Å². The molecule has 1 N–H and O–H groups in total. The summed E-state index contributed by atoms with van der Waals surface area (Å²) in [4.78, 5) is 8.31. The maximum absolute atomic E-state index is 12.4. The molecule has 0 bridgehead atoms. The third-order valence-electron chi connectivity index (χ3n) is 4.08. The van der Waals surface area contributed by atoms with Crippen molar-refractivity contribution in [3.63, 3.8) is 0 Å². The van der Waals surface area contributed by atoms with Crippen molar-refractivity contribution in [2.75, 3.05) is 7.11 Å². The van der Waals surface area contributed by atoms with Gasteiger partial charge in [-0.1, -0.05) is 13.8 Å². The smallest absolute Gasteiger partial charge is 0.388 e. The highest BCUT2D eigenvalue weighted by molar-refractivity contribution is 5.96. The number of methoxy groups -OCH3 is 1. The molecule has 2 heterocycles. The Balaban J connectivity index is 0.00000117. The quantitative estimate of drug-likeness (QED) is 0.472. The van der Waals surface area contributed by atoms with E-state index >= 15 is 0 Å². The Morgan fingerprint density at radius 3 is 2.59 bits per heavy atom. The van der Waals surface area contributed by atoms with Gasteiger partial charge in [-0.05, 0) is 42.8 Å². The summed E-state index contributed by atoms with van der Waals surface area (Å²) < 4.78 is 40.3. The van der Waals surface area contributed by atoms with Gasteiger partial charge in [0, 0.05) is 5.56 Å². The molecule has 2 aromatic heterocycles. The number of nitrogens with zero attached hydrogens (tertiary/aromatic N) is 2. The average Bonchev–Trinajstić information content (AvgIpc) is 3.12. The molecule has 0 aliphatic heterocycles. The maximum Gasteiger partial charge on any atom is 0.388 e. The molecule has 2 aromatic carbocycles. The van der Waals surface area contributed by atoms with Crippen molar-refractivity contribution in [3.8, 4) is 28.7 Å². The number of aryl methyl sites for hydroxylation is 1. The summed E-state index contributed by atoms with van der Waals surface area (Å²) in [6.45, 7) is 2.87. The van der Waals surface area contributed by atoms with Crippen LogP contribution in [0.4, 0.5) is 8.78 Å². The second-order valence-corrected chi connectivity index (χ2v) is 5.91. The van der Waals surface area contributed by atoms with Gasteiger partial charge >= 0.3 is 6.61 Å². The molecule has 0 unspecified atom stereocenters. The molecule has 0 atom stereocenters. The highest BCUT2D eigenvalue weighted by Crippen LogP contribution is 2.40. The molecule has 0 aliphatic carbocycles. The van der Waals surface area contributed by atoms with E-state index in [0.717, 1.165) is 11.8 Å². The average molecular weight is 402 g/mol. The van der Waals surface area contributed by atoms with Gasteiger partial charge in [-0.2, -0.15) is 8.78 Å². The number of benzene rings is 2. The zero-order chi connectivity index (χ0) is 21.1. The number of aromatic nitrogens is 2. The van der Waals surface area contributed by atoms with Gasteiger partial charge in [-0.3, -0.25) is 0 Å². The lowest BCUT2D eigenvalue weighted by Crippen LogP contribution is -2.04. The lowest BCUT2D eigenvalue weighted by Gasteiger charge is -2.07. The van der Waals surface area contributed by atoms with E-state index in [-0.39, 0.29) is 11.6 Å². The summed E-state index contributed by atoms with van der Waals surface area (Å²) in [7, 11) is 1.46. The predicted octanol–water partition coefficient (Wildman–Crippen LogP) is 5.69. The molecule has 0 saturated carbocycles. The van der Waals surface area contributed by atoms with E-state index in [1.165, 1.54) is 13.2 Å². The molecule has 0 radical (unpaired) electrons. The lowest BCUT2D eigenvalue weighted by atomic mass is 10.1. The largest absolute Gasteiger partial charge is 0.504 e. The van der Waals surface area contributed by atoms with Gasteiger partial charge in [0.2, 0.25) is 5.88 Å². The zero-order valence-corrected chi connectivity index (χ0v) is 16.4. The first-order valence-corrected chi connectivity index (χ1v) is 8.98. The molecule has 152 valence electrons. The molecule has 8 heteroatoms. The number of halogens is 2. The fraction of sp³-hybridized carbons (Fsp3) is 0.238. The molecule has 0 spiro atoms. The van der Waals surface area contributed by atoms with Gasteiger partial charge in [0.1, 0.15) is 11.3 Å². The van der Waals surface area contributed by atoms with Gasteiger partial charge in [-0.25, -0.2) is 9.97 Å². The third kappa shape index (κ3) is 3.91. The molecule has 29 heavy (non-hydrogen) atoms. The highest BCUT2D eigenvalue weighted by Gasteiger charge is 2.17. The molecular formula is C21H20F2N2O4. The number of furan rings is 1. The Kier molecular flexibility index (Phi) is 5.81. The van der Waals surface area contributed by atoms with Crippen molar-refractivity contribution in [2.45, 2.75) is 27.4 Å². The van der Waals surface area contributed by atoms with E-state index in [0.29, 0.717) is 39.1 Å². The summed E-state index contributed by atoms with van der Waals surface area (Å²) in [6.07, 6.45) is 1.14.